The van der Waals surface area contributed by atoms with Crippen molar-refractivity contribution in [3.8, 4) is 16.9 Å². The van der Waals surface area contributed by atoms with Crippen LogP contribution in [-0.4, -0.2) is 23.1 Å². The number of phenolic OH excluding ortho intramolecular Hbond substituents is 1. The van der Waals surface area contributed by atoms with E-state index in [1.165, 1.54) is 24.3 Å². The monoisotopic (exact) mass is 407 g/mol. The van der Waals surface area contributed by atoms with Crippen LogP contribution < -0.4 is 5.43 Å². The molecule has 1 N–H and O–H groups in total. The van der Waals surface area contributed by atoms with E-state index >= 15 is 0 Å². The molecule has 1 heterocycles. The number of halogens is 3. The molecule has 0 aliphatic carbocycles. The molecule has 2 aromatic carbocycles. The summed E-state index contributed by atoms with van der Waals surface area (Å²) < 4.78 is 46.6. The first-order valence-electron chi connectivity index (χ1n) is 8.94. The first-order chi connectivity index (χ1) is 13.3. The lowest BCUT2D eigenvalue weighted by molar-refractivity contribution is -0.152. The minimum Gasteiger partial charge on any atom is -0.507 e. The maximum Gasteiger partial charge on any atom is 0.450 e. The summed E-state index contributed by atoms with van der Waals surface area (Å²) in [4.78, 5) is 14.9. The van der Waals surface area contributed by atoms with Crippen molar-refractivity contribution in [2.75, 3.05) is 13.1 Å². The molecule has 4 nitrogen and oxygen atoms in total. The molecule has 0 saturated carbocycles. The molecule has 0 unspecified atom stereocenters. The zero-order valence-corrected chi connectivity index (χ0v) is 15.5. The lowest BCUT2D eigenvalue weighted by Gasteiger charge is -2.20. The molecule has 0 atom stereocenters. The molecule has 0 fully saturated rings. The van der Waals surface area contributed by atoms with Crippen LogP contribution in [0, 0.1) is 0 Å². The Morgan fingerprint density at radius 3 is 2.21 bits per heavy atom. The van der Waals surface area contributed by atoms with Crippen LogP contribution in [0.15, 0.2) is 51.7 Å². The molecule has 0 bridgehead atoms. The Balaban J connectivity index is 0.00000300. The summed E-state index contributed by atoms with van der Waals surface area (Å²) in [6, 6.07) is 10.3. The second kappa shape index (κ2) is 8.69. The highest BCUT2D eigenvalue weighted by Crippen LogP contribution is 2.39. The molecule has 156 valence electrons. The number of phenols is 1. The number of fused-ring (bicyclic) bond motifs is 1. The van der Waals surface area contributed by atoms with Gasteiger partial charge in [0.15, 0.2) is 0 Å². The number of hydrogen-bond acceptors (Lipinski definition) is 4. The smallest absolute Gasteiger partial charge is 0.450 e. The predicted molar refractivity (Wildman–Crippen MR) is 108 cm³/mol. The minimum absolute atomic E-state index is 0. The molecule has 3 rings (SSSR count). The van der Waals surface area contributed by atoms with E-state index in [1.54, 1.807) is 18.2 Å². The Kier molecular flexibility index (Phi) is 6.74. The maximum atomic E-state index is 13.8. The van der Waals surface area contributed by atoms with Crippen LogP contribution in [0.4, 0.5) is 13.2 Å². The standard InChI is InChI=1S/C21H20F3NO3.CH4/c1-3-25(4-2)12-15-16(26)11-10-14-18(27)17(13-8-6-5-7-9-13)20(21(22,23)24)28-19(14)15;/h5-11,26H,3-4,12H2,1-2H3;1H4. The maximum absolute atomic E-state index is 13.8. The van der Waals surface area contributed by atoms with Crippen LogP contribution in [0.25, 0.3) is 22.1 Å². The van der Waals surface area contributed by atoms with Crippen molar-refractivity contribution in [2.45, 2.75) is 34.0 Å². The van der Waals surface area contributed by atoms with Gasteiger partial charge in [-0.25, -0.2) is 0 Å². The summed E-state index contributed by atoms with van der Waals surface area (Å²) >= 11 is 0. The van der Waals surface area contributed by atoms with Crippen LogP contribution in [0.3, 0.4) is 0 Å². The van der Waals surface area contributed by atoms with Gasteiger partial charge in [-0.2, -0.15) is 13.2 Å². The van der Waals surface area contributed by atoms with Gasteiger partial charge in [0, 0.05) is 6.54 Å². The SMILES string of the molecule is C.CCN(CC)Cc1c(O)ccc2c(=O)c(-c3ccccc3)c(C(F)(F)F)oc12. The van der Waals surface area contributed by atoms with Gasteiger partial charge in [-0.15, -0.1) is 0 Å². The van der Waals surface area contributed by atoms with Crippen molar-refractivity contribution >= 4 is 11.0 Å². The van der Waals surface area contributed by atoms with Gasteiger partial charge in [-0.1, -0.05) is 51.6 Å². The van der Waals surface area contributed by atoms with Gasteiger partial charge in [-0.3, -0.25) is 9.69 Å². The van der Waals surface area contributed by atoms with Crippen molar-refractivity contribution in [3.05, 3.63) is 64.0 Å². The highest BCUT2D eigenvalue weighted by Gasteiger charge is 2.39. The van der Waals surface area contributed by atoms with E-state index in [0.717, 1.165) is 0 Å². The first-order valence-corrected chi connectivity index (χ1v) is 8.94. The molecule has 29 heavy (non-hydrogen) atoms. The van der Waals surface area contributed by atoms with Crippen LogP contribution in [0.1, 0.15) is 32.6 Å². The molecule has 0 spiro atoms. The van der Waals surface area contributed by atoms with Gasteiger partial charge in [0.05, 0.1) is 16.5 Å². The Hall–Kier alpha value is -2.80. The largest absolute Gasteiger partial charge is 0.507 e. The second-order valence-corrected chi connectivity index (χ2v) is 6.40. The number of nitrogens with zero attached hydrogens (tertiary/aromatic N) is 1. The fraction of sp³-hybridized carbons (Fsp3) is 0.318. The number of rotatable bonds is 5. The van der Waals surface area contributed by atoms with E-state index in [0.29, 0.717) is 13.1 Å². The molecule has 1 aromatic heterocycles. The summed E-state index contributed by atoms with van der Waals surface area (Å²) in [6.07, 6.45) is -4.86. The van der Waals surface area contributed by atoms with Crippen LogP contribution in [0.5, 0.6) is 5.75 Å². The van der Waals surface area contributed by atoms with Crippen LogP contribution >= 0.6 is 0 Å². The highest BCUT2D eigenvalue weighted by atomic mass is 19.4. The van der Waals surface area contributed by atoms with Gasteiger partial charge in [-0.05, 0) is 30.8 Å². The Morgan fingerprint density at radius 1 is 1.03 bits per heavy atom. The molecule has 0 aliphatic heterocycles. The van der Waals surface area contributed by atoms with Crippen molar-refractivity contribution in [1.29, 1.82) is 0 Å². The molecule has 0 radical (unpaired) electrons. The average Bonchev–Trinajstić information content (AvgIpc) is 2.67. The van der Waals surface area contributed by atoms with E-state index in [1.807, 2.05) is 18.7 Å². The normalized spacial score (nSPS) is 11.7. The predicted octanol–water partition coefficient (Wildman–Crippen LogP) is 5.66. The molecular formula is C22H24F3NO3. The Labute approximate surface area is 167 Å². The van der Waals surface area contributed by atoms with Crippen LogP contribution in [0.2, 0.25) is 0 Å². The molecule has 0 amide bonds. The summed E-state index contributed by atoms with van der Waals surface area (Å²) in [6.45, 7) is 5.23. The lowest BCUT2D eigenvalue weighted by atomic mass is 10.00. The van der Waals surface area contributed by atoms with Gasteiger partial charge < -0.3 is 9.52 Å². The molecule has 0 aliphatic rings. The van der Waals surface area contributed by atoms with Crippen molar-refractivity contribution in [1.82, 2.24) is 4.90 Å². The van der Waals surface area contributed by atoms with E-state index in [2.05, 4.69) is 0 Å². The zero-order chi connectivity index (χ0) is 20.5. The van der Waals surface area contributed by atoms with Gasteiger partial charge in [0.1, 0.15) is 11.3 Å². The number of alkyl halides is 3. The van der Waals surface area contributed by atoms with E-state index in [9.17, 15) is 23.1 Å². The van der Waals surface area contributed by atoms with Crippen molar-refractivity contribution in [2.24, 2.45) is 0 Å². The summed E-state index contributed by atoms with van der Waals surface area (Å²) in [5.74, 6) is -1.56. The van der Waals surface area contributed by atoms with E-state index < -0.39 is 22.9 Å². The van der Waals surface area contributed by atoms with Crippen molar-refractivity contribution in [3.63, 3.8) is 0 Å². The number of benzene rings is 2. The molecular weight excluding hydrogens is 383 g/mol. The van der Waals surface area contributed by atoms with E-state index in [-0.39, 0.29) is 41.8 Å². The molecule has 3 aromatic rings. The third kappa shape index (κ3) is 4.29. The quantitative estimate of drug-likeness (QED) is 0.593. The summed E-state index contributed by atoms with van der Waals surface area (Å²) in [5, 5.41) is 10.3. The topological polar surface area (TPSA) is 53.7 Å². The molecule has 7 heteroatoms. The van der Waals surface area contributed by atoms with Gasteiger partial charge in [0.25, 0.3) is 0 Å². The third-order valence-corrected chi connectivity index (χ3v) is 4.73. The lowest BCUT2D eigenvalue weighted by Crippen LogP contribution is -2.23. The Morgan fingerprint density at radius 2 is 1.66 bits per heavy atom. The summed E-state index contributed by atoms with van der Waals surface area (Å²) in [7, 11) is 0. The fourth-order valence-corrected chi connectivity index (χ4v) is 3.19. The second-order valence-electron chi connectivity index (χ2n) is 6.40. The average molecular weight is 407 g/mol. The van der Waals surface area contributed by atoms with Crippen molar-refractivity contribution < 1.29 is 22.7 Å². The van der Waals surface area contributed by atoms with Gasteiger partial charge in [0.2, 0.25) is 11.2 Å². The molecule has 0 saturated heterocycles. The third-order valence-electron chi connectivity index (χ3n) is 4.73. The first kappa shape index (κ1) is 22.5. The fourth-order valence-electron chi connectivity index (χ4n) is 3.19. The van der Waals surface area contributed by atoms with Crippen LogP contribution in [-0.2, 0) is 12.7 Å². The summed E-state index contributed by atoms with van der Waals surface area (Å²) in [5.41, 5.74) is -1.24. The number of aromatic hydroxyl groups is 1. The van der Waals surface area contributed by atoms with Gasteiger partial charge >= 0.3 is 6.18 Å². The Bertz CT molecular complexity index is 1040. The number of hydrogen-bond donors (Lipinski definition) is 1. The zero-order valence-electron chi connectivity index (χ0n) is 15.5. The minimum atomic E-state index is -4.86. The van der Waals surface area contributed by atoms with E-state index in [4.69, 9.17) is 4.42 Å². The highest BCUT2D eigenvalue weighted by molar-refractivity contribution is 5.86.